The molecule has 0 fully saturated rings. The van der Waals surface area contributed by atoms with Crippen molar-refractivity contribution in [3.8, 4) is 22.3 Å². The molecule has 7 aromatic rings. The van der Waals surface area contributed by atoms with Crippen molar-refractivity contribution in [1.82, 2.24) is 4.98 Å². The average molecular weight is 643 g/mol. The third-order valence-electron chi connectivity index (χ3n) is 9.97. The summed E-state index contributed by atoms with van der Waals surface area (Å²) in [7, 11) is 0. The van der Waals surface area contributed by atoms with Crippen LogP contribution < -0.4 is 0 Å². The van der Waals surface area contributed by atoms with Gasteiger partial charge < -0.3 is 0 Å². The van der Waals surface area contributed by atoms with Gasteiger partial charge >= 0.3 is 0 Å². The van der Waals surface area contributed by atoms with Crippen LogP contribution in [0.3, 0.4) is 0 Å². The number of hydrogen-bond acceptors (Lipinski definition) is 2. The molecule has 2 aliphatic rings. The SMILES string of the molecule is C=N/C(=N\C(=N/Cc1cccc2c1-c1ccccc1C2)c1ccccc1)c1ccc(-c2cc3nc4ccccc4cc3c3c2C=CCC3)cc1. The number of allylic oxidation sites excluding steroid dienone is 1. The van der Waals surface area contributed by atoms with Gasteiger partial charge in [-0.3, -0.25) is 4.99 Å². The van der Waals surface area contributed by atoms with E-state index < -0.39 is 0 Å². The Morgan fingerprint density at radius 1 is 0.680 bits per heavy atom. The van der Waals surface area contributed by atoms with E-state index in [9.17, 15) is 0 Å². The van der Waals surface area contributed by atoms with Crippen molar-refractivity contribution in [3.63, 3.8) is 0 Å². The predicted octanol–water partition coefficient (Wildman–Crippen LogP) is 10.7. The zero-order valence-corrected chi connectivity index (χ0v) is 27.7. The lowest BCUT2D eigenvalue weighted by atomic mass is 9.86. The minimum atomic E-state index is 0.512. The summed E-state index contributed by atoms with van der Waals surface area (Å²) in [4.78, 5) is 19.7. The molecule has 1 heterocycles. The van der Waals surface area contributed by atoms with Crippen LogP contribution >= 0.6 is 0 Å². The Kier molecular flexibility index (Phi) is 7.55. The van der Waals surface area contributed by atoms with Gasteiger partial charge in [-0.2, -0.15) is 0 Å². The highest BCUT2D eigenvalue weighted by Gasteiger charge is 2.21. The molecule has 0 radical (unpaired) electrons. The molecule has 0 N–H and O–H groups in total. The average Bonchev–Trinajstić information content (AvgIpc) is 3.57. The van der Waals surface area contributed by atoms with Crippen molar-refractivity contribution in [3.05, 3.63) is 178 Å². The number of fused-ring (bicyclic) bond motifs is 7. The number of benzene rings is 6. The van der Waals surface area contributed by atoms with E-state index in [0.717, 1.165) is 47.0 Å². The van der Waals surface area contributed by atoms with Gasteiger partial charge in [0.2, 0.25) is 0 Å². The second kappa shape index (κ2) is 12.6. The molecule has 0 spiro atoms. The molecule has 4 nitrogen and oxygen atoms in total. The highest BCUT2D eigenvalue weighted by atomic mass is 15.0. The third kappa shape index (κ3) is 5.36. The van der Waals surface area contributed by atoms with E-state index >= 15 is 0 Å². The van der Waals surface area contributed by atoms with Crippen molar-refractivity contribution < 1.29 is 0 Å². The molecular formula is C46H34N4. The van der Waals surface area contributed by atoms with Crippen LogP contribution in [0.25, 0.3) is 50.1 Å². The summed E-state index contributed by atoms with van der Waals surface area (Å²) in [5, 5.41) is 2.42. The van der Waals surface area contributed by atoms with Crippen LogP contribution in [-0.2, 0) is 19.4 Å². The van der Waals surface area contributed by atoms with Gasteiger partial charge in [0.05, 0.1) is 17.6 Å². The van der Waals surface area contributed by atoms with Gasteiger partial charge in [-0.05, 0) is 94.3 Å². The molecule has 2 aliphatic carbocycles. The summed E-state index contributed by atoms with van der Waals surface area (Å²) in [6.45, 7) is 4.43. The number of aromatic nitrogens is 1. The maximum Gasteiger partial charge on any atom is 0.161 e. The van der Waals surface area contributed by atoms with Gasteiger partial charge in [0.25, 0.3) is 0 Å². The summed E-state index contributed by atoms with van der Waals surface area (Å²) < 4.78 is 0. The normalized spacial score (nSPS) is 13.7. The number of aliphatic imine (C=N–C) groups is 3. The van der Waals surface area contributed by atoms with Gasteiger partial charge in [-0.15, -0.1) is 0 Å². The highest BCUT2D eigenvalue weighted by molar-refractivity contribution is 6.13. The summed E-state index contributed by atoms with van der Waals surface area (Å²) in [5.41, 5.74) is 15.4. The first kappa shape index (κ1) is 29.8. The summed E-state index contributed by atoms with van der Waals surface area (Å²) in [6, 6.07) is 46.8. The van der Waals surface area contributed by atoms with E-state index in [2.05, 4.69) is 127 Å². The van der Waals surface area contributed by atoms with Crippen LogP contribution in [0.15, 0.2) is 155 Å². The van der Waals surface area contributed by atoms with Crippen molar-refractivity contribution in [2.45, 2.75) is 25.8 Å². The standard InChI is InChI=1S/C46H34N4/c1-47-45(50-46(31-12-3-2-4-13-31)48-29-36-17-11-16-35-26-33-14-5-7-18-37(33)44(35)36)32-24-22-30(23-25-32)40-28-43-41(39-20-9-8-19-38(39)40)27-34-15-6-10-21-42(34)49-43/h2-8,10-19,21-25,27-28H,1,9,20,26,29H2/b48-46-,50-45-. The fourth-order valence-corrected chi connectivity index (χ4v) is 7.56. The van der Waals surface area contributed by atoms with Crippen molar-refractivity contribution >= 4 is 46.3 Å². The van der Waals surface area contributed by atoms with E-state index in [1.54, 1.807) is 0 Å². The molecule has 6 aromatic carbocycles. The Bertz CT molecular complexity index is 2540. The monoisotopic (exact) mass is 642 g/mol. The number of aryl methyl sites for hydroxylation is 1. The Labute approximate surface area is 292 Å². The fourth-order valence-electron chi connectivity index (χ4n) is 7.56. The van der Waals surface area contributed by atoms with Gasteiger partial charge in [0, 0.05) is 21.9 Å². The van der Waals surface area contributed by atoms with E-state index in [1.165, 1.54) is 55.3 Å². The molecule has 0 amide bonds. The van der Waals surface area contributed by atoms with Crippen molar-refractivity contribution in [2.75, 3.05) is 0 Å². The molecule has 50 heavy (non-hydrogen) atoms. The molecule has 238 valence electrons. The molecule has 0 saturated heterocycles. The maximum atomic E-state index is 5.12. The Balaban J connectivity index is 1.09. The first-order valence-electron chi connectivity index (χ1n) is 17.2. The molecule has 0 atom stereocenters. The molecule has 0 aliphatic heterocycles. The number of para-hydroxylation sites is 1. The molecule has 9 rings (SSSR count). The highest BCUT2D eigenvalue weighted by Crippen LogP contribution is 2.40. The van der Waals surface area contributed by atoms with Gasteiger partial charge in [0.15, 0.2) is 11.7 Å². The van der Waals surface area contributed by atoms with Gasteiger partial charge in [-0.1, -0.05) is 127 Å². The first-order valence-corrected chi connectivity index (χ1v) is 17.2. The van der Waals surface area contributed by atoms with E-state index in [0.29, 0.717) is 18.2 Å². The van der Waals surface area contributed by atoms with E-state index in [4.69, 9.17) is 15.0 Å². The Hall–Kier alpha value is -6.26. The number of rotatable bonds is 5. The van der Waals surface area contributed by atoms with E-state index in [-0.39, 0.29) is 0 Å². The maximum absolute atomic E-state index is 5.12. The third-order valence-corrected chi connectivity index (χ3v) is 9.97. The first-order chi connectivity index (χ1) is 24.7. The molecule has 0 saturated carbocycles. The quantitative estimate of drug-likeness (QED) is 0.105. The lowest BCUT2D eigenvalue weighted by molar-refractivity contribution is 0.997. The van der Waals surface area contributed by atoms with E-state index in [1.807, 2.05) is 30.3 Å². The number of hydrogen-bond donors (Lipinski definition) is 0. The van der Waals surface area contributed by atoms with Crippen LogP contribution in [0.1, 0.15) is 45.4 Å². The smallest absolute Gasteiger partial charge is 0.161 e. The second-order valence-electron chi connectivity index (χ2n) is 13.0. The molecular weight excluding hydrogens is 609 g/mol. The van der Waals surface area contributed by atoms with Crippen LogP contribution in [0.2, 0.25) is 0 Å². The summed E-state index contributed by atoms with van der Waals surface area (Å²) >= 11 is 0. The molecule has 0 unspecified atom stereocenters. The second-order valence-corrected chi connectivity index (χ2v) is 13.0. The topological polar surface area (TPSA) is 50.0 Å². The number of pyridine rings is 1. The zero-order valence-electron chi connectivity index (χ0n) is 27.7. The molecule has 4 heteroatoms. The van der Waals surface area contributed by atoms with Crippen LogP contribution in [0.4, 0.5) is 0 Å². The van der Waals surface area contributed by atoms with Crippen LogP contribution in [-0.4, -0.2) is 23.4 Å². The number of nitrogens with zero attached hydrogens (tertiary/aromatic N) is 4. The number of amidine groups is 2. The minimum absolute atomic E-state index is 0.512. The lowest BCUT2D eigenvalue weighted by Crippen LogP contribution is -2.06. The lowest BCUT2D eigenvalue weighted by Gasteiger charge is -2.19. The zero-order chi connectivity index (χ0) is 33.4. The predicted molar refractivity (Wildman–Crippen MR) is 209 cm³/mol. The summed E-state index contributed by atoms with van der Waals surface area (Å²) in [5.74, 6) is 1.17. The largest absolute Gasteiger partial charge is 0.261 e. The molecule has 0 bridgehead atoms. The fraction of sp³-hybridized carbons (Fsp3) is 0.0870. The van der Waals surface area contributed by atoms with Crippen LogP contribution in [0, 0.1) is 0 Å². The van der Waals surface area contributed by atoms with Gasteiger partial charge in [0.1, 0.15) is 0 Å². The minimum Gasteiger partial charge on any atom is -0.261 e. The van der Waals surface area contributed by atoms with Crippen molar-refractivity contribution in [1.29, 1.82) is 0 Å². The Morgan fingerprint density at radius 2 is 1.46 bits per heavy atom. The Morgan fingerprint density at radius 3 is 2.34 bits per heavy atom. The van der Waals surface area contributed by atoms with Gasteiger partial charge in [-0.25, -0.2) is 15.0 Å². The van der Waals surface area contributed by atoms with Crippen LogP contribution in [0.5, 0.6) is 0 Å². The molecule has 1 aromatic heterocycles. The van der Waals surface area contributed by atoms with Crippen molar-refractivity contribution in [2.24, 2.45) is 15.0 Å². The summed E-state index contributed by atoms with van der Waals surface area (Å²) in [6.07, 6.45) is 7.55.